The number of hydrogen-bond acceptors (Lipinski definition) is 2. The van der Waals surface area contributed by atoms with Crippen molar-refractivity contribution in [3.8, 4) is 5.75 Å². The minimum absolute atomic E-state index is 0.280. The molecule has 0 N–H and O–H groups in total. The summed E-state index contributed by atoms with van der Waals surface area (Å²) in [4.78, 5) is 10.3. The second-order valence-corrected chi connectivity index (χ2v) is 3.73. The fraction of sp³-hybridized carbons (Fsp3) is 0.417. The van der Waals surface area contributed by atoms with Gasteiger partial charge in [0.05, 0.1) is 0 Å². The van der Waals surface area contributed by atoms with Crippen molar-refractivity contribution in [1.82, 2.24) is 0 Å². The van der Waals surface area contributed by atoms with Gasteiger partial charge in [0.25, 0.3) is 0 Å². The zero-order valence-electron chi connectivity index (χ0n) is 8.32. The summed E-state index contributed by atoms with van der Waals surface area (Å²) in [6.07, 6.45) is 3.67. The van der Waals surface area contributed by atoms with E-state index in [2.05, 4.69) is 13.0 Å². The highest BCUT2D eigenvalue weighted by Crippen LogP contribution is 2.31. The standard InChI is InChI=1S/C12H14O2/c1-9-8-11-10(5-3-7-13)4-2-6-12(11)14-9/h2,4,6-7,9H,3,5,8H2,1H3. The Kier molecular flexibility index (Phi) is 2.53. The van der Waals surface area contributed by atoms with Crippen molar-refractivity contribution >= 4 is 6.29 Å². The highest BCUT2D eigenvalue weighted by atomic mass is 16.5. The second-order valence-electron chi connectivity index (χ2n) is 3.73. The molecule has 2 nitrogen and oxygen atoms in total. The Hall–Kier alpha value is -1.31. The van der Waals surface area contributed by atoms with Crippen LogP contribution in [0.15, 0.2) is 18.2 Å². The summed E-state index contributed by atoms with van der Waals surface area (Å²) in [5.41, 5.74) is 2.56. The van der Waals surface area contributed by atoms with Crippen molar-refractivity contribution in [2.24, 2.45) is 0 Å². The molecule has 2 rings (SSSR count). The summed E-state index contributed by atoms with van der Waals surface area (Å²) in [7, 11) is 0. The van der Waals surface area contributed by atoms with Crippen LogP contribution in [0.3, 0.4) is 0 Å². The quantitative estimate of drug-likeness (QED) is 0.682. The van der Waals surface area contributed by atoms with Gasteiger partial charge in [-0.3, -0.25) is 0 Å². The Morgan fingerprint density at radius 2 is 2.43 bits per heavy atom. The van der Waals surface area contributed by atoms with E-state index in [1.54, 1.807) is 0 Å². The normalized spacial score (nSPS) is 18.8. The van der Waals surface area contributed by atoms with Crippen molar-refractivity contribution in [3.63, 3.8) is 0 Å². The van der Waals surface area contributed by atoms with E-state index in [4.69, 9.17) is 4.74 Å². The predicted octanol–water partition coefficient (Wildman–Crippen LogP) is 2.14. The molecule has 0 aliphatic carbocycles. The van der Waals surface area contributed by atoms with Gasteiger partial charge >= 0.3 is 0 Å². The molecule has 0 aromatic heterocycles. The van der Waals surface area contributed by atoms with Gasteiger partial charge in [0.1, 0.15) is 18.1 Å². The fourth-order valence-electron chi connectivity index (χ4n) is 1.95. The van der Waals surface area contributed by atoms with Crippen LogP contribution < -0.4 is 4.74 Å². The molecular formula is C12H14O2. The van der Waals surface area contributed by atoms with Crippen molar-refractivity contribution in [2.75, 3.05) is 0 Å². The lowest BCUT2D eigenvalue weighted by Crippen LogP contribution is -2.05. The van der Waals surface area contributed by atoms with Crippen molar-refractivity contribution < 1.29 is 9.53 Å². The number of carbonyl (C=O) groups excluding carboxylic acids is 1. The van der Waals surface area contributed by atoms with Crippen LogP contribution in [0.1, 0.15) is 24.5 Å². The molecule has 0 fully saturated rings. The van der Waals surface area contributed by atoms with E-state index < -0.39 is 0 Å². The van der Waals surface area contributed by atoms with E-state index in [-0.39, 0.29) is 6.10 Å². The molecular weight excluding hydrogens is 176 g/mol. The molecule has 2 heteroatoms. The number of aldehydes is 1. The molecule has 1 heterocycles. The lowest BCUT2D eigenvalue weighted by Gasteiger charge is -2.04. The average Bonchev–Trinajstić information content (AvgIpc) is 2.55. The number of ether oxygens (including phenoxy) is 1. The monoisotopic (exact) mass is 190 g/mol. The first kappa shape index (κ1) is 9.25. The second kappa shape index (κ2) is 3.82. The molecule has 1 aromatic carbocycles. The van der Waals surface area contributed by atoms with Gasteiger partial charge < -0.3 is 9.53 Å². The van der Waals surface area contributed by atoms with E-state index >= 15 is 0 Å². The van der Waals surface area contributed by atoms with Gasteiger partial charge in [-0.1, -0.05) is 12.1 Å². The van der Waals surface area contributed by atoms with Crippen LogP contribution in [0.4, 0.5) is 0 Å². The van der Waals surface area contributed by atoms with Gasteiger partial charge in [0.2, 0.25) is 0 Å². The third-order valence-electron chi connectivity index (χ3n) is 2.58. The largest absolute Gasteiger partial charge is 0.490 e. The molecule has 1 atom stereocenters. The van der Waals surface area contributed by atoms with Crippen LogP contribution in [0.2, 0.25) is 0 Å². The summed E-state index contributed by atoms with van der Waals surface area (Å²) < 4.78 is 5.64. The molecule has 1 aliphatic rings. The lowest BCUT2D eigenvalue weighted by molar-refractivity contribution is -0.107. The van der Waals surface area contributed by atoms with Crippen molar-refractivity contribution in [2.45, 2.75) is 32.3 Å². The van der Waals surface area contributed by atoms with Gasteiger partial charge in [-0.15, -0.1) is 0 Å². The van der Waals surface area contributed by atoms with E-state index in [0.29, 0.717) is 6.42 Å². The third kappa shape index (κ3) is 1.65. The topological polar surface area (TPSA) is 26.3 Å². The Morgan fingerprint density at radius 1 is 1.57 bits per heavy atom. The third-order valence-corrected chi connectivity index (χ3v) is 2.58. The molecule has 1 unspecified atom stereocenters. The van der Waals surface area contributed by atoms with Gasteiger partial charge in [-0.05, 0) is 25.0 Å². The molecule has 0 saturated heterocycles. The summed E-state index contributed by atoms with van der Waals surface area (Å²) in [5.74, 6) is 1.00. The molecule has 0 bridgehead atoms. The zero-order valence-corrected chi connectivity index (χ0v) is 8.32. The number of fused-ring (bicyclic) bond motifs is 1. The van der Waals surface area contributed by atoms with E-state index in [1.165, 1.54) is 11.1 Å². The first-order valence-electron chi connectivity index (χ1n) is 5.02. The average molecular weight is 190 g/mol. The first-order valence-corrected chi connectivity index (χ1v) is 5.02. The molecule has 0 spiro atoms. The maximum absolute atomic E-state index is 10.3. The number of carbonyl (C=O) groups is 1. The number of benzene rings is 1. The minimum atomic E-state index is 0.280. The first-order chi connectivity index (χ1) is 6.81. The van der Waals surface area contributed by atoms with Gasteiger partial charge in [-0.2, -0.15) is 0 Å². The van der Waals surface area contributed by atoms with Crippen LogP contribution in [0.25, 0.3) is 0 Å². The van der Waals surface area contributed by atoms with Crippen molar-refractivity contribution in [1.29, 1.82) is 0 Å². The van der Waals surface area contributed by atoms with E-state index in [0.717, 1.165) is 24.9 Å². The SMILES string of the molecule is CC1Cc2c(CCC=O)cccc2O1. The van der Waals surface area contributed by atoms with Crippen molar-refractivity contribution in [3.05, 3.63) is 29.3 Å². The highest BCUT2D eigenvalue weighted by Gasteiger charge is 2.20. The maximum atomic E-state index is 10.3. The Labute approximate surface area is 83.9 Å². The molecule has 1 aromatic rings. The Balaban J connectivity index is 2.25. The highest BCUT2D eigenvalue weighted by molar-refractivity contribution is 5.51. The van der Waals surface area contributed by atoms with Crippen LogP contribution in [-0.4, -0.2) is 12.4 Å². The van der Waals surface area contributed by atoms with Crippen LogP contribution in [0.5, 0.6) is 5.75 Å². The molecule has 0 radical (unpaired) electrons. The van der Waals surface area contributed by atoms with Crippen LogP contribution in [0, 0.1) is 0 Å². The van der Waals surface area contributed by atoms with E-state index in [9.17, 15) is 4.79 Å². The summed E-state index contributed by atoms with van der Waals surface area (Å²) in [6, 6.07) is 6.09. The zero-order chi connectivity index (χ0) is 9.97. The summed E-state index contributed by atoms with van der Waals surface area (Å²) in [6.45, 7) is 2.07. The Morgan fingerprint density at radius 3 is 3.21 bits per heavy atom. The van der Waals surface area contributed by atoms with Gasteiger partial charge in [0.15, 0.2) is 0 Å². The predicted molar refractivity (Wildman–Crippen MR) is 54.6 cm³/mol. The molecule has 0 saturated carbocycles. The molecule has 74 valence electrons. The van der Waals surface area contributed by atoms with E-state index in [1.807, 2.05) is 12.1 Å². The minimum Gasteiger partial charge on any atom is -0.490 e. The van der Waals surface area contributed by atoms with Crippen LogP contribution >= 0.6 is 0 Å². The lowest BCUT2D eigenvalue weighted by atomic mass is 10.00. The van der Waals surface area contributed by atoms with Gasteiger partial charge in [-0.25, -0.2) is 0 Å². The fourth-order valence-corrected chi connectivity index (χ4v) is 1.95. The maximum Gasteiger partial charge on any atom is 0.123 e. The van der Waals surface area contributed by atoms with Gasteiger partial charge in [0, 0.05) is 18.4 Å². The summed E-state index contributed by atoms with van der Waals surface area (Å²) >= 11 is 0. The number of rotatable bonds is 3. The molecule has 1 aliphatic heterocycles. The van der Waals surface area contributed by atoms with Crippen LogP contribution in [-0.2, 0) is 17.6 Å². The molecule has 14 heavy (non-hydrogen) atoms. The smallest absolute Gasteiger partial charge is 0.123 e. The Bertz CT molecular complexity index is 344. The number of hydrogen-bond donors (Lipinski definition) is 0. The summed E-state index contributed by atoms with van der Waals surface area (Å²) in [5, 5.41) is 0. The molecule has 0 amide bonds. The number of aryl methyl sites for hydroxylation is 1.